The van der Waals surface area contributed by atoms with Gasteiger partial charge in [-0.1, -0.05) is 48.5 Å². The maximum absolute atomic E-state index is 12.5. The molecule has 0 spiro atoms. The largest absolute Gasteiger partial charge is 0.483 e. The normalized spacial score (nSPS) is 12.5. The topological polar surface area (TPSA) is 9.23 Å². The van der Waals surface area contributed by atoms with Crippen LogP contribution < -0.4 is 4.74 Å². The molecule has 0 amide bonds. The van der Waals surface area contributed by atoms with Crippen molar-refractivity contribution in [1.29, 1.82) is 0 Å². The molecule has 0 aliphatic heterocycles. The maximum atomic E-state index is 12.5. The second-order valence-electron chi connectivity index (χ2n) is 5.33. The highest BCUT2D eigenvalue weighted by Crippen LogP contribution is 2.39. The van der Waals surface area contributed by atoms with Crippen molar-refractivity contribution in [3.8, 4) is 5.75 Å². The van der Waals surface area contributed by atoms with Crippen LogP contribution in [0, 0.1) is 0 Å². The Morgan fingerprint density at radius 1 is 0.773 bits per heavy atom. The van der Waals surface area contributed by atoms with E-state index in [1.807, 2.05) is 42.5 Å². The number of halogens is 3. The average molecular weight is 300 g/mol. The molecule has 0 aliphatic carbocycles. The van der Waals surface area contributed by atoms with Crippen molar-refractivity contribution >= 4 is 32.3 Å². The lowest BCUT2D eigenvalue weighted by Gasteiger charge is -2.16. The Bertz CT molecular complexity index is 972. The summed E-state index contributed by atoms with van der Waals surface area (Å²) in [7, 11) is 0. The van der Waals surface area contributed by atoms with Gasteiger partial charge >= 0.3 is 6.18 Å². The number of hydrogen-bond acceptors (Lipinski definition) is 1. The summed E-state index contributed by atoms with van der Waals surface area (Å²) in [6, 6.07) is 17.1. The van der Waals surface area contributed by atoms with Crippen LogP contribution in [0.2, 0.25) is 0 Å². The van der Waals surface area contributed by atoms with E-state index in [1.54, 1.807) is 12.1 Å². The van der Waals surface area contributed by atoms with E-state index < -0.39 is 12.8 Å². The minimum atomic E-state index is -4.35. The van der Waals surface area contributed by atoms with Crippen LogP contribution in [0.5, 0.6) is 5.75 Å². The molecule has 0 N–H and O–H groups in total. The highest BCUT2D eigenvalue weighted by molar-refractivity contribution is 6.24. The summed E-state index contributed by atoms with van der Waals surface area (Å²) in [6.45, 7) is -1.28. The molecule has 0 saturated heterocycles. The van der Waals surface area contributed by atoms with E-state index in [0.29, 0.717) is 5.39 Å². The molecule has 0 bridgehead atoms. The first-order valence-electron chi connectivity index (χ1n) is 6.89. The molecule has 0 unspecified atom stereocenters. The molecule has 4 aromatic rings. The fraction of sp³-hybridized carbons (Fsp3) is 0.111. The smallest absolute Gasteiger partial charge is 0.422 e. The minimum Gasteiger partial charge on any atom is -0.483 e. The summed E-state index contributed by atoms with van der Waals surface area (Å²) in [5.74, 6) is 0.272. The molecular formula is C18H11F3O. The van der Waals surface area contributed by atoms with Crippen molar-refractivity contribution in [1.82, 2.24) is 0 Å². The Hall–Kier alpha value is -2.49. The van der Waals surface area contributed by atoms with E-state index in [4.69, 9.17) is 4.74 Å². The van der Waals surface area contributed by atoms with Gasteiger partial charge < -0.3 is 4.74 Å². The summed E-state index contributed by atoms with van der Waals surface area (Å²) in [5, 5.41) is 5.69. The lowest BCUT2D eigenvalue weighted by molar-refractivity contribution is -0.153. The Balaban J connectivity index is 2.04. The molecule has 0 saturated carbocycles. The third-order valence-electron chi connectivity index (χ3n) is 3.86. The monoisotopic (exact) mass is 300 g/mol. The Morgan fingerprint density at radius 3 is 2.14 bits per heavy atom. The molecule has 0 aliphatic rings. The third kappa shape index (κ3) is 2.03. The van der Waals surface area contributed by atoms with Crippen LogP contribution in [0.25, 0.3) is 32.3 Å². The summed E-state index contributed by atoms with van der Waals surface area (Å²) in [4.78, 5) is 0. The van der Waals surface area contributed by atoms with Gasteiger partial charge in [-0.15, -0.1) is 0 Å². The third-order valence-corrected chi connectivity index (χ3v) is 3.86. The van der Waals surface area contributed by atoms with E-state index in [0.717, 1.165) is 26.9 Å². The highest BCUT2D eigenvalue weighted by Gasteiger charge is 2.29. The fourth-order valence-corrected chi connectivity index (χ4v) is 3.01. The maximum Gasteiger partial charge on any atom is 0.422 e. The summed E-state index contributed by atoms with van der Waals surface area (Å²) < 4.78 is 42.5. The first-order chi connectivity index (χ1) is 10.5. The summed E-state index contributed by atoms with van der Waals surface area (Å²) in [6.07, 6.45) is -4.35. The Labute approximate surface area is 124 Å². The van der Waals surface area contributed by atoms with Gasteiger partial charge in [-0.3, -0.25) is 0 Å². The average Bonchev–Trinajstić information content (AvgIpc) is 2.50. The van der Waals surface area contributed by atoms with Crippen LogP contribution in [0.15, 0.2) is 54.6 Å². The van der Waals surface area contributed by atoms with E-state index in [-0.39, 0.29) is 5.75 Å². The van der Waals surface area contributed by atoms with Crippen molar-refractivity contribution in [3.05, 3.63) is 54.6 Å². The van der Waals surface area contributed by atoms with Crippen LogP contribution in [0.3, 0.4) is 0 Å². The highest BCUT2D eigenvalue weighted by atomic mass is 19.4. The second kappa shape index (κ2) is 4.50. The second-order valence-corrected chi connectivity index (χ2v) is 5.33. The number of benzene rings is 4. The lowest BCUT2D eigenvalue weighted by Crippen LogP contribution is -2.19. The van der Waals surface area contributed by atoms with Crippen LogP contribution in [0.4, 0.5) is 13.2 Å². The van der Waals surface area contributed by atoms with Gasteiger partial charge in [-0.25, -0.2) is 0 Å². The number of rotatable bonds is 2. The van der Waals surface area contributed by atoms with Gasteiger partial charge in [0.2, 0.25) is 0 Å². The SMILES string of the molecule is FC(F)(F)COc1cc2cccc3ccc4cccc1c4c32. The molecule has 0 radical (unpaired) electrons. The van der Waals surface area contributed by atoms with Gasteiger partial charge in [0, 0.05) is 10.8 Å². The van der Waals surface area contributed by atoms with Gasteiger partial charge in [0.1, 0.15) is 5.75 Å². The molecule has 4 aromatic carbocycles. The molecule has 110 valence electrons. The number of ether oxygens (including phenoxy) is 1. The van der Waals surface area contributed by atoms with Crippen molar-refractivity contribution in [3.63, 3.8) is 0 Å². The van der Waals surface area contributed by atoms with Crippen LogP contribution in [0.1, 0.15) is 0 Å². The molecular weight excluding hydrogens is 289 g/mol. The Morgan fingerprint density at radius 2 is 1.41 bits per heavy atom. The first kappa shape index (κ1) is 13.2. The molecule has 0 atom stereocenters. The zero-order valence-corrected chi connectivity index (χ0v) is 11.4. The predicted octanol–water partition coefficient (Wildman–Crippen LogP) is 5.53. The molecule has 4 rings (SSSR count). The van der Waals surface area contributed by atoms with Crippen LogP contribution >= 0.6 is 0 Å². The van der Waals surface area contributed by atoms with Crippen molar-refractivity contribution in [2.24, 2.45) is 0 Å². The molecule has 0 heterocycles. The molecule has 22 heavy (non-hydrogen) atoms. The minimum absolute atomic E-state index is 0.272. The zero-order valence-electron chi connectivity index (χ0n) is 11.4. The van der Waals surface area contributed by atoms with E-state index in [9.17, 15) is 13.2 Å². The van der Waals surface area contributed by atoms with Gasteiger partial charge in [0.05, 0.1) is 0 Å². The van der Waals surface area contributed by atoms with E-state index in [2.05, 4.69) is 0 Å². The van der Waals surface area contributed by atoms with Gasteiger partial charge in [0.15, 0.2) is 6.61 Å². The summed E-state index contributed by atoms with van der Waals surface area (Å²) >= 11 is 0. The van der Waals surface area contributed by atoms with Crippen molar-refractivity contribution in [2.45, 2.75) is 6.18 Å². The van der Waals surface area contributed by atoms with Gasteiger partial charge in [-0.05, 0) is 27.6 Å². The first-order valence-corrected chi connectivity index (χ1v) is 6.89. The van der Waals surface area contributed by atoms with Gasteiger partial charge in [0.25, 0.3) is 0 Å². The standard InChI is InChI=1S/C18H11F3O/c19-18(20,21)10-22-15-9-13-5-1-3-11-7-8-12-4-2-6-14(15)17(12)16(11)13/h1-9H,10H2. The number of alkyl halides is 3. The lowest BCUT2D eigenvalue weighted by atomic mass is 9.94. The van der Waals surface area contributed by atoms with Gasteiger partial charge in [-0.2, -0.15) is 13.2 Å². The molecule has 0 aromatic heterocycles. The Kier molecular flexibility index (Phi) is 2.70. The molecule has 1 nitrogen and oxygen atoms in total. The van der Waals surface area contributed by atoms with Crippen molar-refractivity contribution < 1.29 is 17.9 Å². The molecule has 0 fully saturated rings. The zero-order chi connectivity index (χ0) is 15.3. The fourth-order valence-electron chi connectivity index (χ4n) is 3.01. The van der Waals surface area contributed by atoms with E-state index in [1.165, 1.54) is 0 Å². The summed E-state index contributed by atoms with van der Waals surface area (Å²) in [5.41, 5.74) is 0. The number of hydrogen-bond donors (Lipinski definition) is 0. The van der Waals surface area contributed by atoms with E-state index >= 15 is 0 Å². The van der Waals surface area contributed by atoms with Crippen LogP contribution in [-0.4, -0.2) is 12.8 Å². The van der Waals surface area contributed by atoms with Crippen LogP contribution in [-0.2, 0) is 0 Å². The van der Waals surface area contributed by atoms with Crippen molar-refractivity contribution in [2.75, 3.05) is 6.61 Å². The quantitative estimate of drug-likeness (QED) is 0.443. The predicted molar refractivity (Wildman–Crippen MR) is 81.7 cm³/mol. The molecule has 4 heteroatoms.